The topological polar surface area (TPSA) is 69.6 Å². The summed E-state index contributed by atoms with van der Waals surface area (Å²) in [4.78, 5) is 11.8. The Morgan fingerprint density at radius 2 is 1.79 bits per heavy atom. The molecule has 0 fully saturated rings. The average molecular weight is 257 g/mol. The maximum atomic E-state index is 11.8. The number of nitrogens with one attached hydrogen (secondary N) is 1. The third kappa shape index (κ3) is 3.48. The summed E-state index contributed by atoms with van der Waals surface area (Å²) >= 11 is 0. The van der Waals surface area contributed by atoms with Crippen LogP contribution < -0.4 is 5.32 Å². The van der Waals surface area contributed by atoms with Crippen molar-refractivity contribution in [3.63, 3.8) is 0 Å². The van der Waals surface area contributed by atoms with Crippen LogP contribution in [-0.4, -0.2) is 16.1 Å². The Balaban J connectivity index is 2.01. The fourth-order valence-corrected chi connectivity index (χ4v) is 1.69. The molecule has 0 aliphatic carbocycles. The summed E-state index contributed by atoms with van der Waals surface area (Å²) in [5, 5.41) is 21.4. The molecule has 98 valence electrons. The second kappa shape index (κ2) is 5.44. The molecule has 0 aliphatic heterocycles. The van der Waals surface area contributed by atoms with Crippen molar-refractivity contribution in [2.45, 2.75) is 13.3 Å². The molecule has 0 unspecified atom stereocenters. The van der Waals surface area contributed by atoms with Crippen LogP contribution in [0, 0.1) is 6.92 Å². The Kier molecular flexibility index (Phi) is 3.71. The van der Waals surface area contributed by atoms with Gasteiger partial charge in [-0.1, -0.05) is 18.2 Å². The number of anilines is 1. The minimum Gasteiger partial charge on any atom is -0.508 e. The highest BCUT2D eigenvalue weighted by Crippen LogP contribution is 2.21. The third-order valence-corrected chi connectivity index (χ3v) is 2.79. The first-order valence-electron chi connectivity index (χ1n) is 5.92. The van der Waals surface area contributed by atoms with Gasteiger partial charge in [0.05, 0.1) is 6.42 Å². The van der Waals surface area contributed by atoms with Crippen molar-refractivity contribution in [3.8, 4) is 11.5 Å². The number of aryl methyl sites for hydroxylation is 1. The van der Waals surface area contributed by atoms with Gasteiger partial charge in [-0.2, -0.15) is 0 Å². The summed E-state index contributed by atoms with van der Waals surface area (Å²) in [7, 11) is 0. The lowest BCUT2D eigenvalue weighted by Gasteiger charge is -2.07. The van der Waals surface area contributed by atoms with E-state index in [0.717, 1.165) is 11.1 Å². The zero-order valence-electron chi connectivity index (χ0n) is 10.6. The molecule has 0 aromatic heterocycles. The molecule has 0 bridgehead atoms. The van der Waals surface area contributed by atoms with E-state index in [1.54, 1.807) is 43.3 Å². The molecule has 2 rings (SSSR count). The molecule has 4 heteroatoms. The molecule has 0 aliphatic rings. The lowest BCUT2D eigenvalue weighted by atomic mass is 10.1. The summed E-state index contributed by atoms with van der Waals surface area (Å²) in [5.74, 6) is 0.156. The smallest absolute Gasteiger partial charge is 0.228 e. The molecular weight excluding hydrogens is 242 g/mol. The summed E-state index contributed by atoms with van der Waals surface area (Å²) < 4.78 is 0. The van der Waals surface area contributed by atoms with Crippen LogP contribution in [0.5, 0.6) is 11.5 Å². The minimum absolute atomic E-state index is 0.155. The van der Waals surface area contributed by atoms with Crippen molar-refractivity contribution in [3.05, 3.63) is 53.6 Å². The first-order valence-corrected chi connectivity index (χ1v) is 5.92. The maximum absolute atomic E-state index is 11.8. The first-order chi connectivity index (χ1) is 9.04. The van der Waals surface area contributed by atoms with Crippen LogP contribution in [0.15, 0.2) is 42.5 Å². The van der Waals surface area contributed by atoms with Crippen molar-refractivity contribution < 1.29 is 15.0 Å². The van der Waals surface area contributed by atoms with Crippen molar-refractivity contribution in [2.75, 3.05) is 5.32 Å². The van der Waals surface area contributed by atoms with E-state index in [9.17, 15) is 9.90 Å². The summed E-state index contributed by atoms with van der Waals surface area (Å²) in [6.45, 7) is 1.79. The van der Waals surface area contributed by atoms with E-state index >= 15 is 0 Å². The number of benzene rings is 2. The number of phenolic OH excluding ortho intramolecular Hbond substituents is 2. The lowest BCUT2D eigenvalue weighted by molar-refractivity contribution is -0.115. The molecule has 3 N–H and O–H groups in total. The molecule has 0 spiro atoms. The van der Waals surface area contributed by atoms with E-state index < -0.39 is 0 Å². The molecule has 0 heterocycles. The highest BCUT2D eigenvalue weighted by molar-refractivity contribution is 5.92. The van der Waals surface area contributed by atoms with Crippen molar-refractivity contribution in [2.24, 2.45) is 0 Å². The van der Waals surface area contributed by atoms with E-state index in [0.29, 0.717) is 5.69 Å². The summed E-state index contributed by atoms with van der Waals surface area (Å²) in [6, 6.07) is 11.5. The molecule has 0 atom stereocenters. The normalized spacial score (nSPS) is 10.2. The third-order valence-electron chi connectivity index (χ3n) is 2.79. The standard InChI is InChI=1S/C15H15NO3/c1-10-2-5-12(9-14(10)18)16-15(19)8-11-3-6-13(17)7-4-11/h2-7,9,17-18H,8H2,1H3,(H,16,19). The predicted octanol–water partition coefficient (Wildman–Crippen LogP) is 2.59. The van der Waals surface area contributed by atoms with E-state index in [4.69, 9.17) is 5.11 Å². The molecule has 2 aromatic rings. The van der Waals surface area contributed by atoms with Crippen molar-refractivity contribution in [1.29, 1.82) is 0 Å². The van der Waals surface area contributed by atoms with Crippen LogP contribution in [0.1, 0.15) is 11.1 Å². The van der Waals surface area contributed by atoms with Crippen LogP contribution in [0.25, 0.3) is 0 Å². The second-order valence-electron chi connectivity index (χ2n) is 4.39. The van der Waals surface area contributed by atoms with Crippen molar-refractivity contribution >= 4 is 11.6 Å². The number of amides is 1. The van der Waals surface area contributed by atoms with Crippen LogP contribution in [0.4, 0.5) is 5.69 Å². The van der Waals surface area contributed by atoms with Gasteiger partial charge in [-0.25, -0.2) is 0 Å². The molecule has 2 aromatic carbocycles. The lowest BCUT2D eigenvalue weighted by Crippen LogP contribution is -2.14. The number of carbonyl (C=O) groups is 1. The van der Waals surface area contributed by atoms with Gasteiger partial charge in [0.2, 0.25) is 5.91 Å². The molecule has 19 heavy (non-hydrogen) atoms. The van der Waals surface area contributed by atoms with Crippen LogP contribution in [-0.2, 0) is 11.2 Å². The fraction of sp³-hybridized carbons (Fsp3) is 0.133. The highest BCUT2D eigenvalue weighted by Gasteiger charge is 2.05. The van der Waals surface area contributed by atoms with E-state index in [1.165, 1.54) is 6.07 Å². The fourth-order valence-electron chi connectivity index (χ4n) is 1.69. The van der Waals surface area contributed by atoms with E-state index in [2.05, 4.69) is 5.32 Å². The molecule has 0 saturated heterocycles. The van der Waals surface area contributed by atoms with E-state index in [1.807, 2.05) is 0 Å². The van der Waals surface area contributed by atoms with Gasteiger partial charge < -0.3 is 15.5 Å². The summed E-state index contributed by atoms with van der Waals surface area (Å²) in [6.07, 6.45) is 0.217. The van der Waals surface area contributed by atoms with Gasteiger partial charge in [0.1, 0.15) is 11.5 Å². The monoisotopic (exact) mass is 257 g/mol. The number of carbonyl (C=O) groups excluding carboxylic acids is 1. The van der Waals surface area contributed by atoms with Gasteiger partial charge in [-0.15, -0.1) is 0 Å². The zero-order chi connectivity index (χ0) is 13.8. The second-order valence-corrected chi connectivity index (χ2v) is 4.39. The number of hydrogen-bond acceptors (Lipinski definition) is 3. The number of aromatic hydroxyl groups is 2. The van der Waals surface area contributed by atoms with Gasteiger partial charge in [0, 0.05) is 11.8 Å². The van der Waals surface area contributed by atoms with Gasteiger partial charge in [0.15, 0.2) is 0 Å². The summed E-state index contributed by atoms with van der Waals surface area (Å²) in [5.41, 5.74) is 2.13. The Labute approximate surface area is 111 Å². The molecule has 1 amide bonds. The minimum atomic E-state index is -0.172. The molecular formula is C15H15NO3. The Bertz CT molecular complexity index is 591. The highest BCUT2D eigenvalue weighted by atomic mass is 16.3. The number of rotatable bonds is 3. The largest absolute Gasteiger partial charge is 0.508 e. The SMILES string of the molecule is Cc1ccc(NC(=O)Cc2ccc(O)cc2)cc1O. The van der Waals surface area contributed by atoms with E-state index in [-0.39, 0.29) is 23.8 Å². The quantitative estimate of drug-likeness (QED) is 0.791. The van der Waals surface area contributed by atoms with Gasteiger partial charge in [0.25, 0.3) is 0 Å². The number of hydrogen-bond donors (Lipinski definition) is 3. The zero-order valence-corrected chi connectivity index (χ0v) is 10.6. The van der Waals surface area contributed by atoms with Crippen LogP contribution in [0.2, 0.25) is 0 Å². The maximum Gasteiger partial charge on any atom is 0.228 e. The molecule has 0 saturated carbocycles. The van der Waals surface area contributed by atoms with Gasteiger partial charge in [-0.05, 0) is 36.2 Å². The first kappa shape index (κ1) is 13.0. The molecule has 4 nitrogen and oxygen atoms in total. The van der Waals surface area contributed by atoms with Gasteiger partial charge >= 0.3 is 0 Å². The Morgan fingerprint density at radius 3 is 2.42 bits per heavy atom. The van der Waals surface area contributed by atoms with Gasteiger partial charge in [-0.3, -0.25) is 4.79 Å². The molecule has 0 radical (unpaired) electrons. The Morgan fingerprint density at radius 1 is 1.11 bits per heavy atom. The van der Waals surface area contributed by atoms with Crippen molar-refractivity contribution in [1.82, 2.24) is 0 Å². The average Bonchev–Trinajstić information content (AvgIpc) is 2.37. The predicted molar refractivity (Wildman–Crippen MR) is 73.3 cm³/mol. The van der Waals surface area contributed by atoms with Crippen LogP contribution in [0.3, 0.4) is 0 Å². The Hall–Kier alpha value is -2.49. The number of phenols is 2. The van der Waals surface area contributed by atoms with Crippen LogP contribution >= 0.6 is 0 Å².